The molecule has 0 aliphatic heterocycles. The summed E-state index contributed by atoms with van der Waals surface area (Å²) >= 11 is 0. The fraction of sp³-hybridized carbons (Fsp3) is 0.143. The van der Waals surface area contributed by atoms with E-state index in [0.29, 0.717) is 6.61 Å². The van der Waals surface area contributed by atoms with Crippen LogP contribution in [0.15, 0.2) is 103 Å². The van der Waals surface area contributed by atoms with Gasteiger partial charge in [-0.3, -0.25) is 0 Å². The summed E-state index contributed by atoms with van der Waals surface area (Å²) in [5.74, 6) is 1.79. The highest BCUT2D eigenvalue weighted by Crippen LogP contribution is 2.34. The van der Waals surface area contributed by atoms with E-state index in [4.69, 9.17) is 9.47 Å². The molecule has 156 valence electrons. The summed E-state index contributed by atoms with van der Waals surface area (Å²) in [5, 5.41) is 3.49. The van der Waals surface area contributed by atoms with Crippen LogP contribution in [-0.2, 0) is 13.0 Å². The van der Waals surface area contributed by atoms with Gasteiger partial charge in [0.05, 0.1) is 12.8 Å². The minimum Gasteiger partial charge on any atom is -0.495 e. The van der Waals surface area contributed by atoms with Crippen LogP contribution in [0.3, 0.4) is 0 Å². The molecule has 3 heteroatoms. The quantitative estimate of drug-likeness (QED) is 0.338. The number of hydrogen-bond donors (Lipinski definition) is 1. The van der Waals surface area contributed by atoms with Gasteiger partial charge in [0.15, 0.2) is 0 Å². The number of rotatable bonds is 9. The molecule has 0 heterocycles. The Morgan fingerprint density at radius 3 is 2.19 bits per heavy atom. The maximum absolute atomic E-state index is 6.40. The van der Waals surface area contributed by atoms with Gasteiger partial charge in [-0.1, -0.05) is 91.0 Å². The first-order chi connectivity index (χ1) is 15.3. The van der Waals surface area contributed by atoms with E-state index in [2.05, 4.69) is 59.9 Å². The first-order valence-electron chi connectivity index (χ1n) is 10.6. The number of para-hydroxylation sites is 3. The van der Waals surface area contributed by atoms with E-state index in [1.807, 2.05) is 48.5 Å². The van der Waals surface area contributed by atoms with Gasteiger partial charge in [-0.2, -0.15) is 0 Å². The zero-order chi connectivity index (χ0) is 21.3. The second-order valence-electron chi connectivity index (χ2n) is 7.31. The molecular formula is C28H27NO2. The standard InChI is InChI=1S/C28H27NO2/c1-30-27-18-9-8-17-26(27)29-20-19-24-15-10-16-25(23-13-6-3-7-14-23)28(24)31-21-22-11-4-2-5-12-22/h2-18,29H,19-21H2,1H3. The van der Waals surface area contributed by atoms with Crippen molar-refractivity contribution in [3.63, 3.8) is 0 Å². The molecule has 0 bridgehead atoms. The molecule has 4 rings (SSSR count). The van der Waals surface area contributed by atoms with Gasteiger partial charge in [-0.05, 0) is 35.2 Å². The smallest absolute Gasteiger partial charge is 0.141 e. The molecule has 0 saturated heterocycles. The van der Waals surface area contributed by atoms with Crippen molar-refractivity contribution in [2.24, 2.45) is 0 Å². The molecule has 0 aliphatic rings. The highest BCUT2D eigenvalue weighted by atomic mass is 16.5. The number of methoxy groups -OCH3 is 1. The molecule has 0 atom stereocenters. The van der Waals surface area contributed by atoms with Gasteiger partial charge in [0.2, 0.25) is 0 Å². The molecule has 0 unspecified atom stereocenters. The molecule has 0 radical (unpaired) electrons. The minimum absolute atomic E-state index is 0.539. The molecule has 0 saturated carbocycles. The third-order valence-corrected chi connectivity index (χ3v) is 5.22. The van der Waals surface area contributed by atoms with Gasteiger partial charge in [0.1, 0.15) is 18.1 Å². The van der Waals surface area contributed by atoms with Crippen LogP contribution in [0, 0.1) is 0 Å². The highest BCUT2D eigenvalue weighted by molar-refractivity contribution is 5.72. The summed E-state index contributed by atoms with van der Waals surface area (Å²) in [6.07, 6.45) is 0.836. The van der Waals surface area contributed by atoms with Crippen molar-refractivity contribution in [1.82, 2.24) is 0 Å². The Morgan fingerprint density at radius 1 is 0.710 bits per heavy atom. The summed E-state index contributed by atoms with van der Waals surface area (Å²) in [4.78, 5) is 0. The van der Waals surface area contributed by atoms with Crippen molar-refractivity contribution < 1.29 is 9.47 Å². The Labute approximate surface area is 184 Å². The predicted molar refractivity (Wildman–Crippen MR) is 128 cm³/mol. The van der Waals surface area contributed by atoms with E-state index in [0.717, 1.165) is 46.8 Å². The Balaban J connectivity index is 1.57. The Hall–Kier alpha value is -3.72. The van der Waals surface area contributed by atoms with Gasteiger partial charge < -0.3 is 14.8 Å². The van der Waals surface area contributed by atoms with Gasteiger partial charge in [0, 0.05) is 12.1 Å². The van der Waals surface area contributed by atoms with Gasteiger partial charge in [0.25, 0.3) is 0 Å². The zero-order valence-corrected chi connectivity index (χ0v) is 17.8. The first kappa shape index (κ1) is 20.5. The van der Waals surface area contributed by atoms with Crippen LogP contribution in [0.2, 0.25) is 0 Å². The minimum atomic E-state index is 0.539. The van der Waals surface area contributed by atoms with Crippen molar-refractivity contribution in [2.45, 2.75) is 13.0 Å². The third-order valence-electron chi connectivity index (χ3n) is 5.22. The number of benzene rings is 4. The average molecular weight is 410 g/mol. The topological polar surface area (TPSA) is 30.5 Å². The summed E-state index contributed by atoms with van der Waals surface area (Å²) in [5.41, 5.74) is 5.61. The first-order valence-corrected chi connectivity index (χ1v) is 10.6. The van der Waals surface area contributed by atoms with Gasteiger partial charge >= 0.3 is 0 Å². The molecule has 0 fully saturated rings. The molecule has 0 amide bonds. The lowest BCUT2D eigenvalue weighted by molar-refractivity contribution is 0.304. The van der Waals surface area contributed by atoms with Crippen LogP contribution >= 0.6 is 0 Å². The molecule has 0 aliphatic carbocycles. The molecule has 4 aromatic rings. The normalized spacial score (nSPS) is 10.5. The van der Waals surface area contributed by atoms with Crippen molar-refractivity contribution in [1.29, 1.82) is 0 Å². The third kappa shape index (κ3) is 5.26. The van der Waals surface area contributed by atoms with Gasteiger partial charge in [-0.15, -0.1) is 0 Å². The molecule has 0 aromatic heterocycles. The molecule has 4 aromatic carbocycles. The van der Waals surface area contributed by atoms with Crippen LogP contribution in [0.25, 0.3) is 11.1 Å². The lowest BCUT2D eigenvalue weighted by Crippen LogP contribution is -2.08. The SMILES string of the molecule is COc1ccccc1NCCc1cccc(-c2ccccc2)c1OCc1ccccc1. The summed E-state index contributed by atoms with van der Waals surface area (Å²) in [6.45, 7) is 1.32. The predicted octanol–water partition coefficient (Wildman–Crippen LogP) is 6.60. The van der Waals surface area contributed by atoms with E-state index in [9.17, 15) is 0 Å². The maximum atomic E-state index is 6.40. The van der Waals surface area contributed by atoms with Crippen LogP contribution in [-0.4, -0.2) is 13.7 Å². The molecule has 3 nitrogen and oxygen atoms in total. The van der Waals surface area contributed by atoms with Crippen molar-refractivity contribution in [2.75, 3.05) is 19.0 Å². The second kappa shape index (κ2) is 10.4. The van der Waals surface area contributed by atoms with Crippen molar-refractivity contribution in [3.05, 3.63) is 114 Å². The second-order valence-corrected chi connectivity index (χ2v) is 7.31. The zero-order valence-electron chi connectivity index (χ0n) is 17.8. The monoisotopic (exact) mass is 409 g/mol. The Morgan fingerprint density at radius 2 is 1.42 bits per heavy atom. The lowest BCUT2D eigenvalue weighted by Gasteiger charge is -2.17. The molecule has 0 spiro atoms. The Kier molecular flexibility index (Phi) is 6.86. The van der Waals surface area contributed by atoms with Crippen LogP contribution < -0.4 is 14.8 Å². The van der Waals surface area contributed by atoms with Crippen molar-refractivity contribution >= 4 is 5.69 Å². The summed E-state index contributed by atoms with van der Waals surface area (Å²) in [7, 11) is 1.69. The lowest BCUT2D eigenvalue weighted by atomic mass is 9.99. The van der Waals surface area contributed by atoms with Crippen molar-refractivity contribution in [3.8, 4) is 22.6 Å². The molecule has 31 heavy (non-hydrogen) atoms. The molecular weight excluding hydrogens is 382 g/mol. The van der Waals surface area contributed by atoms with E-state index in [1.54, 1.807) is 7.11 Å². The number of nitrogens with one attached hydrogen (secondary N) is 1. The fourth-order valence-corrected chi connectivity index (χ4v) is 3.65. The highest BCUT2D eigenvalue weighted by Gasteiger charge is 2.12. The summed E-state index contributed by atoms with van der Waals surface area (Å²) < 4.78 is 11.9. The fourth-order valence-electron chi connectivity index (χ4n) is 3.65. The average Bonchev–Trinajstić information content (AvgIpc) is 2.84. The molecule has 1 N–H and O–H groups in total. The Bertz CT molecular complexity index is 1090. The van der Waals surface area contributed by atoms with E-state index >= 15 is 0 Å². The van der Waals surface area contributed by atoms with Gasteiger partial charge in [-0.25, -0.2) is 0 Å². The largest absolute Gasteiger partial charge is 0.495 e. The van der Waals surface area contributed by atoms with E-state index in [1.165, 1.54) is 5.56 Å². The van der Waals surface area contributed by atoms with E-state index < -0.39 is 0 Å². The van der Waals surface area contributed by atoms with Crippen LogP contribution in [0.1, 0.15) is 11.1 Å². The number of hydrogen-bond acceptors (Lipinski definition) is 3. The number of anilines is 1. The number of ether oxygens (including phenoxy) is 2. The maximum Gasteiger partial charge on any atom is 0.141 e. The van der Waals surface area contributed by atoms with Crippen LogP contribution in [0.4, 0.5) is 5.69 Å². The van der Waals surface area contributed by atoms with Crippen LogP contribution in [0.5, 0.6) is 11.5 Å². The van der Waals surface area contributed by atoms with E-state index in [-0.39, 0.29) is 0 Å². The summed E-state index contributed by atoms with van der Waals surface area (Å²) in [6, 6.07) is 35.1.